The van der Waals surface area contributed by atoms with Crippen LogP contribution in [-0.4, -0.2) is 37.6 Å². The molecule has 16 heavy (non-hydrogen) atoms. The lowest BCUT2D eigenvalue weighted by molar-refractivity contribution is 0.242. The van der Waals surface area contributed by atoms with Crippen LogP contribution in [0.4, 0.5) is 0 Å². The second-order valence-electron chi connectivity index (χ2n) is 5.29. The second-order valence-corrected chi connectivity index (χ2v) is 7.31. The molecule has 5 heteroatoms. The van der Waals surface area contributed by atoms with E-state index >= 15 is 0 Å². The fraction of sp³-hybridized carbons (Fsp3) is 1.00. The third-order valence-corrected chi connectivity index (χ3v) is 5.31. The van der Waals surface area contributed by atoms with Gasteiger partial charge in [-0.05, 0) is 31.6 Å². The summed E-state index contributed by atoms with van der Waals surface area (Å²) in [7, 11) is -3.07. The Kier molecular flexibility index (Phi) is 4.76. The SMILES string of the molecule is CC(C)CS(=O)(=O)N1CCCC(C(C)N)C1. The van der Waals surface area contributed by atoms with Gasteiger partial charge in [0.2, 0.25) is 10.0 Å². The fourth-order valence-corrected chi connectivity index (χ4v) is 4.06. The first kappa shape index (κ1) is 13.9. The number of sulfonamides is 1. The molecule has 96 valence electrons. The highest BCUT2D eigenvalue weighted by Crippen LogP contribution is 2.22. The summed E-state index contributed by atoms with van der Waals surface area (Å²) in [6, 6.07) is 0.0806. The fourth-order valence-electron chi connectivity index (χ4n) is 2.18. The van der Waals surface area contributed by atoms with Gasteiger partial charge in [-0.1, -0.05) is 13.8 Å². The highest BCUT2D eigenvalue weighted by Gasteiger charge is 2.30. The van der Waals surface area contributed by atoms with Crippen molar-refractivity contribution in [1.29, 1.82) is 0 Å². The van der Waals surface area contributed by atoms with Crippen LogP contribution >= 0.6 is 0 Å². The quantitative estimate of drug-likeness (QED) is 0.808. The van der Waals surface area contributed by atoms with E-state index in [-0.39, 0.29) is 17.7 Å². The van der Waals surface area contributed by atoms with E-state index in [1.54, 1.807) is 4.31 Å². The van der Waals surface area contributed by atoms with Crippen molar-refractivity contribution in [1.82, 2.24) is 4.31 Å². The van der Waals surface area contributed by atoms with Crippen LogP contribution in [0.1, 0.15) is 33.6 Å². The zero-order valence-corrected chi connectivity index (χ0v) is 11.3. The predicted molar refractivity (Wildman–Crippen MR) is 66.6 cm³/mol. The van der Waals surface area contributed by atoms with Gasteiger partial charge in [0.05, 0.1) is 5.75 Å². The number of piperidine rings is 1. The average Bonchev–Trinajstić information content (AvgIpc) is 2.16. The maximum atomic E-state index is 12.0. The molecule has 0 aliphatic carbocycles. The monoisotopic (exact) mass is 248 g/mol. The Balaban J connectivity index is 2.66. The number of hydrogen-bond donors (Lipinski definition) is 1. The van der Waals surface area contributed by atoms with Crippen molar-refractivity contribution < 1.29 is 8.42 Å². The topological polar surface area (TPSA) is 63.4 Å². The molecule has 0 bridgehead atoms. The van der Waals surface area contributed by atoms with E-state index in [1.165, 1.54) is 0 Å². The van der Waals surface area contributed by atoms with E-state index in [2.05, 4.69) is 0 Å². The van der Waals surface area contributed by atoms with E-state index in [0.29, 0.717) is 19.0 Å². The molecule has 1 aliphatic heterocycles. The Morgan fingerprint density at radius 3 is 2.50 bits per heavy atom. The lowest BCUT2D eigenvalue weighted by Crippen LogP contribution is -2.46. The molecule has 1 fully saturated rings. The molecule has 1 heterocycles. The largest absolute Gasteiger partial charge is 0.328 e. The molecule has 1 rings (SSSR count). The number of rotatable bonds is 4. The molecule has 0 radical (unpaired) electrons. The number of hydrogen-bond acceptors (Lipinski definition) is 3. The second kappa shape index (κ2) is 5.47. The van der Waals surface area contributed by atoms with Gasteiger partial charge in [0.25, 0.3) is 0 Å². The van der Waals surface area contributed by atoms with E-state index in [9.17, 15) is 8.42 Å². The maximum absolute atomic E-state index is 12.0. The molecular weight excluding hydrogens is 224 g/mol. The molecule has 0 aromatic rings. The van der Waals surface area contributed by atoms with E-state index in [0.717, 1.165) is 12.8 Å². The Hall–Kier alpha value is -0.130. The van der Waals surface area contributed by atoms with Crippen LogP contribution in [0.15, 0.2) is 0 Å². The van der Waals surface area contributed by atoms with Gasteiger partial charge in [-0.15, -0.1) is 0 Å². The third-order valence-electron chi connectivity index (χ3n) is 3.10. The standard InChI is InChI=1S/C11H24N2O2S/c1-9(2)8-16(14,15)13-6-4-5-11(7-13)10(3)12/h9-11H,4-8,12H2,1-3H3. The zero-order valence-electron chi connectivity index (χ0n) is 10.5. The molecule has 1 saturated heterocycles. The summed E-state index contributed by atoms with van der Waals surface area (Å²) in [4.78, 5) is 0. The van der Waals surface area contributed by atoms with Crippen LogP contribution in [0, 0.1) is 11.8 Å². The van der Waals surface area contributed by atoms with Gasteiger partial charge >= 0.3 is 0 Å². The third kappa shape index (κ3) is 3.71. The van der Waals surface area contributed by atoms with Gasteiger partial charge in [0, 0.05) is 19.1 Å². The first-order chi connectivity index (χ1) is 7.33. The summed E-state index contributed by atoms with van der Waals surface area (Å²) in [6.45, 7) is 7.10. The molecule has 0 aromatic heterocycles. The smallest absolute Gasteiger partial charge is 0.214 e. The summed E-state index contributed by atoms with van der Waals surface area (Å²) in [5.41, 5.74) is 5.85. The van der Waals surface area contributed by atoms with Crippen LogP contribution in [-0.2, 0) is 10.0 Å². The molecule has 0 spiro atoms. The summed E-state index contributed by atoms with van der Waals surface area (Å²) in [6.07, 6.45) is 1.98. The van der Waals surface area contributed by atoms with Gasteiger partial charge in [0.1, 0.15) is 0 Å². The summed E-state index contributed by atoms with van der Waals surface area (Å²) in [5.74, 6) is 0.745. The minimum Gasteiger partial charge on any atom is -0.328 e. The van der Waals surface area contributed by atoms with E-state index < -0.39 is 10.0 Å². The van der Waals surface area contributed by atoms with Crippen LogP contribution in [0.5, 0.6) is 0 Å². The maximum Gasteiger partial charge on any atom is 0.214 e. The lowest BCUT2D eigenvalue weighted by Gasteiger charge is -2.34. The molecule has 0 amide bonds. The molecule has 0 aromatic carbocycles. The molecule has 1 aliphatic rings. The van der Waals surface area contributed by atoms with Gasteiger partial charge in [-0.2, -0.15) is 0 Å². The van der Waals surface area contributed by atoms with Crippen molar-refractivity contribution in [3.8, 4) is 0 Å². The predicted octanol–water partition coefficient (Wildman–Crippen LogP) is 1.03. The molecule has 2 N–H and O–H groups in total. The van der Waals surface area contributed by atoms with Crippen molar-refractivity contribution in [2.45, 2.75) is 39.7 Å². The number of nitrogens with zero attached hydrogens (tertiary/aromatic N) is 1. The van der Waals surface area contributed by atoms with Crippen molar-refractivity contribution in [3.63, 3.8) is 0 Å². The van der Waals surface area contributed by atoms with Crippen LogP contribution in [0.2, 0.25) is 0 Å². The molecule has 4 nitrogen and oxygen atoms in total. The lowest BCUT2D eigenvalue weighted by atomic mass is 9.93. The molecular formula is C11H24N2O2S. The summed E-state index contributed by atoms with van der Waals surface area (Å²) < 4.78 is 25.7. The van der Waals surface area contributed by atoms with Gasteiger partial charge in [-0.3, -0.25) is 0 Å². The minimum absolute atomic E-state index is 0.0806. The van der Waals surface area contributed by atoms with Crippen LogP contribution < -0.4 is 5.73 Å². The van der Waals surface area contributed by atoms with Gasteiger partial charge in [0.15, 0.2) is 0 Å². The molecule has 0 saturated carbocycles. The Labute approximate surface area is 99.2 Å². The Morgan fingerprint density at radius 1 is 1.38 bits per heavy atom. The highest BCUT2D eigenvalue weighted by molar-refractivity contribution is 7.89. The normalized spacial score (nSPS) is 25.9. The van der Waals surface area contributed by atoms with Crippen molar-refractivity contribution >= 4 is 10.0 Å². The van der Waals surface area contributed by atoms with Crippen molar-refractivity contribution in [3.05, 3.63) is 0 Å². The minimum atomic E-state index is -3.07. The Morgan fingerprint density at radius 2 is 2.00 bits per heavy atom. The zero-order chi connectivity index (χ0) is 12.3. The van der Waals surface area contributed by atoms with Crippen molar-refractivity contribution in [2.75, 3.05) is 18.8 Å². The van der Waals surface area contributed by atoms with Gasteiger partial charge in [-0.25, -0.2) is 12.7 Å². The number of nitrogens with two attached hydrogens (primary N) is 1. The highest BCUT2D eigenvalue weighted by atomic mass is 32.2. The first-order valence-electron chi connectivity index (χ1n) is 6.06. The van der Waals surface area contributed by atoms with Crippen molar-refractivity contribution in [2.24, 2.45) is 17.6 Å². The Bertz CT molecular complexity index is 312. The first-order valence-corrected chi connectivity index (χ1v) is 7.67. The summed E-state index contributed by atoms with van der Waals surface area (Å²) in [5, 5.41) is 0. The molecule has 2 atom stereocenters. The summed E-state index contributed by atoms with van der Waals surface area (Å²) >= 11 is 0. The van der Waals surface area contributed by atoms with Crippen LogP contribution in [0.25, 0.3) is 0 Å². The van der Waals surface area contributed by atoms with E-state index in [1.807, 2.05) is 20.8 Å². The van der Waals surface area contributed by atoms with Crippen LogP contribution in [0.3, 0.4) is 0 Å². The average molecular weight is 248 g/mol. The van der Waals surface area contributed by atoms with Gasteiger partial charge < -0.3 is 5.73 Å². The molecule has 2 unspecified atom stereocenters. The van der Waals surface area contributed by atoms with E-state index in [4.69, 9.17) is 5.73 Å².